The van der Waals surface area contributed by atoms with Gasteiger partial charge in [0.2, 0.25) is 5.91 Å². The van der Waals surface area contributed by atoms with Gasteiger partial charge in [-0.3, -0.25) is 14.5 Å². The second-order valence-corrected chi connectivity index (χ2v) is 6.29. The lowest BCUT2D eigenvalue weighted by molar-refractivity contribution is -0.147. The Labute approximate surface area is 138 Å². The molecule has 1 atom stereocenters. The summed E-state index contributed by atoms with van der Waals surface area (Å²) >= 11 is 2.19. The number of nitrogens with one attached hydrogen (secondary N) is 1. The second-order valence-electron chi connectivity index (χ2n) is 5.13. The van der Waals surface area contributed by atoms with Crippen molar-refractivity contribution >= 4 is 40.2 Å². The van der Waals surface area contributed by atoms with Crippen LogP contribution in [-0.2, 0) is 14.3 Å². The molecule has 1 aromatic rings. The normalized spacial score (nSPS) is 19.0. The minimum Gasteiger partial charge on any atom is -0.469 e. The lowest BCUT2D eigenvalue weighted by Crippen LogP contribution is -2.42. The van der Waals surface area contributed by atoms with Crippen molar-refractivity contribution in [3.63, 3.8) is 0 Å². The highest BCUT2D eigenvalue weighted by atomic mass is 127. The molecule has 0 bridgehead atoms. The molecule has 6 heteroatoms. The smallest absolute Gasteiger partial charge is 0.309 e. The average molecular weight is 402 g/mol. The van der Waals surface area contributed by atoms with Crippen molar-refractivity contribution in [2.24, 2.45) is 5.92 Å². The molecule has 0 aliphatic carbocycles. The van der Waals surface area contributed by atoms with Crippen LogP contribution in [-0.4, -0.2) is 43.5 Å². The maximum Gasteiger partial charge on any atom is 0.309 e. The Hall–Kier alpha value is -1.15. The SMILES string of the molecule is COC(=O)C1CCCN(CC(=O)Nc2ccccc2I)C1. The fourth-order valence-electron chi connectivity index (χ4n) is 2.51. The zero-order chi connectivity index (χ0) is 15.2. The van der Waals surface area contributed by atoms with Crippen molar-refractivity contribution < 1.29 is 14.3 Å². The van der Waals surface area contributed by atoms with E-state index < -0.39 is 0 Å². The Morgan fingerprint density at radius 2 is 2.19 bits per heavy atom. The molecule has 1 aliphatic rings. The minimum atomic E-state index is -0.183. The number of likely N-dealkylation sites (tertiary alicyclic amines) is 1. The van der Waals surface area contributed by atoms with Crippen LogP contribution in [0.1, 0.15) is 12.8 Å². The number of ether oxygens (including phenoxy) is 1. The number of hydrogen-bond donors (Lipinski definition) is 1. The monoisotopic (exact) mass is 402 g/mol. The molecule has 5 nitrogen and oxygen atoms in total. The van der Waals surface area contributed by atoms with E-state index in [1.165, 1.54) is 7.11 Å². The highest BCUT2D eigenvalue weighted by Crippen LogP contribution is 2.19. The lowest BCUT2D eigenvalue weighted by Gasteiger charge is -2.30. The largest absolute Gasteiger partial charge is 0.469 e. The number of halogens is 1. The van der Waals surface area contributed by atoms with Gasteiger partial charge in [-0.25, -0.2) is 0 Å². The van der Waals surface area contributed by atoms with Crippen LogP contribution < -0.4 is 5.32 Å². The summed E-state index contributed by atoms with van der Waals surface area (Å²) in [5.41, 5.74) is 0.824. The van der Waals surface area contributed by atoms with Gasteiger partial charge < -0.3 is 10.1 Å². The van der Waals surface area contributed by atoms with E-state index in [0.717, 1.165) is 28.6 Å². The number of rotatable bonds is 4. The van der Waals surface area contributed by atoms with Gasteiger partial charge in [-0.2, -0.15) is 0 Å². The second kappa shape index (κ2) is 7.74. The third-order valence-corrected chi connectivity index (χ3v) is 4.50. The zero-order valence-electron chi connectivity index (χ0n) is 12.0. The summed E-state index contributed by atoms with van der Waals surface area (Å²) in [7, 11) is 1.41. The molecular weight excluding hydrogens is 383 g/mol. The molecule has 1 aliphatic heterocycles. The third-order valence-electron chi connectivity index (χ3n) is 3.56. The number of benzene rings is 1. The van der Waals surface area contributed by atoms with Crippen LogP contribution >= 0.6 is 22.6 Å². The first-order valence-electron chi connectivity index (χ1n) is 6.94. The summed E-state index contributed by atoms with van der Waals surface area (Å²) in [6.07, 6.45) is 1.75. The molecule has 2 rings (SSSR count). The van der Waals surface area contributed by atoms with E-state index in [1.54, 1.807) is 0 Å². The number of esters is 1. The first kappa shape index (κ1) is 16.2. The average Bonchev–Trinajstić information content (AvgIpc) is 2.49. The highest BCUT2D eigenvalue weighted by molar-refractivity contribution is 14.1. The zero-order valence-corrected chi connectivity index (χ0v) is 14.1. The summed E-state index contributed by atoms with van der Waals surface area (Å²) in [5, 5.41) is 2.91. The Morgan fingerprint density at radius 1 is 1.43 bits per heavy atom. The molecule has 114 valence electrons. The topological polar surface area (TPSA) is 58.6 Å². The molecule has 0 saturated carbocycles. The Bertz CT molecular complexity index is 521. The quantitative estimate of drug-likeness (QED) is 0.619. The van der Waals surface area contributed by atoms with Gasteiger partial charge in [0.1, 0.15) is 0 Å². The van der Waals surface area contributed by atoms with Crippen LogP contribution in [0.4, 0.5) is 5.69 Å². The maximum absolute atomic E-state index is 12.1. The standard InChI is InChI=1S/C15H19IN2O3/c1-21-15(20)11-5-4-8-18(9-11)10-14(19)17-13-7-3-2-6-12(13)16/h2-3,6-7,11H,4-5,8-10H2,1H3,(H,17,19). The first-order valence-corrected chi connectivity index (χ1v) is 8.02. The van der Waals surface area contributed by atoms with Gasteiger partial charge >= 0.3 is 5.97 Å². The number of anilines is 1. The van der Waals surface area contributed by atoms with Crippen LogP contribution in [0.3, 0.4) is 0 Å². The fourth-order valence-corrected chi connectivity index (χ4v) is 3.04. The first-order chi connectivity index (χ1) is 10.1. The number of hydrogen-bond acceptors (Lipinski definition) is 4. The summed E-state index contributed by atoms with van der Waals surface area (Å²) in [5.74, 6) is -0.351. The fraction of sp³-hybridized carbons (Fsp3) is 0.467. The van der Waals surface area contributed by atoms with Gasteiger partial charge in [0, 0.05) is 10.1 Å². The lowest BCUT2D eigenvalue weighted by atomic mass is 9.98. The van der Waals surface area contributed by atoms with Gasteiger partial charge in [0.25, 0.3) is 0 Å². The number of carbonyl (C=O) groups is 2. The van der Waals surface area contributed by atoms with Crippen molar-refractivity contribution in [3.8, 4) is 0 Å². The number of nitrogens with zero attached hydrogens (tertiary/aromatic N) is 1. The van der Waals surface area contributed by atoms with E-state index in [-0.39, 0.29) is 17.8 Å². The molecule has 21 heavy (non-hydrogen) atoms. The van der Waals surface area contributed by atoms with Crippen LogP contribution in [0.5, 0.6) is 0 Å². The molecule has 1 aromatic carbocycles. The molecule has 1 fully saturated rings. The number of amides is 1. The molecule has 1 unspecified atom stereocenters. The minimum absolute atomic E-state index is 0.0513. The third kappa shape index (κ3) is 4.67. The van der Waals surface area contributed by atoms with Crippen LogP contribution in [0.25, 0.3) is 0 Å². The molecular formula is C15H19IN2O3. The van der Waals surface area contributed by atoms with E-state index in [1.807, 2.05) is 29.2 Å². The summed E-state index contributed by atoms with van der Waals surface area (Å²) in [6.45, 7) is 1.73. The molecule has 1 heterocycles. The maximum atomic E-state index is 12.1. The van der Waals surface area contributed by atoms with E-state index in [4.69, 9.17) is 4.74 Å². The van der Waals surface area contributed by atoms with E-state index in [0.29, 0.717) is 13.1 Å². The van der Waals surface area contributed by atoms with Crippen molar-refractivity contribution in [2.75, 3.05) is 32.1 Å². The molecule has 1 amide bonds. The number of carbonyl (C=O) groups excluding carboxylic acids is 2. The van der Waals surface area contributed by atoms with Gasteiger partial charge in [0.05, 0.1) is 25.3 Å². The number of para-hydroxylation sites is 1. The molecule has 0 spiro atoms. The van der Waals surface area contributed by atoms with Crippen LogP contribution in [0.15, 0.2) is 24.3 Å². The van der Waals surface area contributed by atoms with Crippen molar-refractivity contribution in [1.29, 1.82) is 0 Å². The highest BCUT2D eigenvalue weighted by Gasteiger charge is 2.27. The van der Waals surface area contributed by atoms with E-state index in [9.17, 15) is 9.59 Å². The van der Waals surface area contributed by atoms with E-state index >= 15 is 0 Å². The van der Waals surface area contributed by atoms with Gasteiger partial charge in [-0.05, 0) is 54.1 Å². The summed E-state index contributed by atoms with van der Waals surface area (Å²) < 4.78 is 5.80. The summed E-state index contributed by atoms with van der Waals surface area (Å²) in [4.78, 5) is 25.7. The Balaban J connectivity index is 1.88. The number of piperidine rings is 1. The van der Waals surface area contributed by atoms with Crippen LogP contribution in [0.2, 0.25) is 0 Å². The van der Waals surface area contributed by atoms with Crippen LogP contribution in [0, 0.1) is 9.49 Å². The summed E-state index contributed by atoms with van der Waals surface area (Å²) in [6, 6.07) is 7.66. The van der Waals surface area contributed by atoms with E-state index in [2.05, 4.69) is 27.9 Å². The van der Waals surface area contributed by atoms with Gasteiger partial charge in [0.15, 0.2) is 0 Å². The molecule has 1 N–H and O–H groups in total. The van der Waals surface area contributed by atoms with Crippen molar-refractivity contribution in [2.45, 2.75) is 12.8 Å². The number of methoxy groups -OCH3 is 1. The van der Waals surface area contributed by atoms with Crippen molar-refractivity contribution in [3.05, 3.63) is 27.8 Å². The molecule has 1 saturated heterocycles. The Kier molecular flexibility index (Phi) is 5.98. The van der Waals surface area contributed by atoms with Gasteiger partial charge in [-0.15, -0.1) is 0 Å². The van der Waals surface area contributed by atoms with Crippen molar-refractivity contribution in [1.82, 2.24) is 4.90 Å². The Morgan fingerprint density at radius 3 is 2.90 bits per heavy atom. The predicted molar refractivity (Wildman–Crippen MR) is 89.0 cm³/mol. The molecule has 0 radical (unpaired) electrons. The van der Waals surface area contributed by atoms with Gasteiger partial charge in [-0.1, -0.05) is 12.1 Å². The molecule has 0 aromatic heterocycles. The predicted octanol–water partition coefficient (Wildman–Crippen LogP) is 2.11.